The van der Waals surface area contributed by atoms with E-state index >= 15 is 0 Å². The monoisotopic (exact) mass is 422 g/mol. The summed E-state index contributed by atoms with van der Waals surface area (Å²) in [6, 6.07) is 9.55. The van der Waals surface area contributed by atoms with Gasteiger partial charge in [0.15, 0.2) is 0 Å². The van der Waals surface area contributed by atoms with Crippen molar-refractivity contribution in [3.05, 3.63) is 60.2 Å². The summed E-state index contributed by atoms with van der Waals surface area (Å²) in [5.41, 5.74) is 3.90. The molecule has 3 atom stereocenters. The zero-order valence-electron chi connectivity index (χ0n) is 20.1. The highest BCUT2D eigenvalue weighted by molar-refractivity contribution is 6.94. The number of benzene rings is 1. The SMILES string of the molecule is C=CCOc1c(C(C)(C)C)cccc1[Si](CC)(CC)C1C2=CC=CCC2CC1CC. The molecule has 3 rings (SSSR count). The van der Waals surface area contributed by atoms with E-state index < -0.39 is 8.07 Å². The van der Waals surface area contributed by atoms with Crippen molar-refractivity contribution < 1.29 is 4.74 Å². The number of para-hydroxylation sites is 1. The third-order valence-electron chi connectivity index (χ3n) is 7.82. The largest absolute Gasteiger partial charge is 0.489 e. The Balaban J connectivity index is 2.24. The minimum absolute atomic E-state index is 0.0589. The second-order valence-corrected chi connectivity index (χ2v) is 15.2. The van der Waals surface area contributed by atoms with Gasteiger partial charge in [-0.25, -0.2) is 0 Å². The van der Waals surface area contributed by atoms with E-state index in [2.05, 4.69) is 84.5 Å². The molecule has 0 radical (unpaired) electrons. The molecule has 30 heavy (non-hydrogen) atoms. The number of ether oxygens (including phenoxy) is 1. The molecule has 0 aromatic heterocycles. The Morgan fingerprint density at radius 2 is 1.90 bits per heavy atom. The predicted octanol–water partition coefficient (Wildman–Crippen LogP) is 7.55. The summed E-state index contributed by atoms with van der Waals surface area (Å²) in [7, 11) is -1.84. The van der Waals surface area contributed by atoms with E-state index in [1.54, 1.807) is 10.8 Å². The lowest BCUT2D eigenvalue weighted by atomic mass is 9.86. The minimum Gasteiger partial charge on any atom is -0.489 e. The molecule has 0 amide bonds. The Bertz CT molecular complexity index is 806. The van der Waals surface area contributed by atoms with Crippen molar-refractivity contribution >= 4 is 13.3 Å². The predicted molar refractivity (Wildman–Crippen MR) is 135 cm³/mol. The van der Waals surface area contributed by atoms with Gasteiger partial charge in [-0.05, 0) is 46.4 Å². The van der Waals surface area contributed by atoms with Crippen molar-refractivity contribution in [3.63, 3.8) is 0 Å². The summed E-state index contributed by atoms with van der Waals surface area (Å²) >= 11 is 0. The van der Waals surface area contributed by atoms with E-state index in [1.165, 1.54) is 42.7 Å². The first-order chi connectivity index (χ1) is 14.3. The fourth-order valence-corrected chi connectivity index (χ4v) is 12.1. The molecule has 164 valence electrons. The standard InChI is InChI=1S/C28H42OSi/c1-8-19-29-26-24(28(5,6)7)17-14-18-25(26)30(10-3,11-4)27-21(9-2)20-22-15-12-13-16-23(22)27/h8,12-14,16-18,21-22,27H,1,9-11,15,19-20H2,2-7H3. The van der Waals surface area contributed by atoms with Crippen LogP contribution in [0.25, 0.3) is 0 Å². The Labute approximate surface area is 186 Å². The third kappa shape index (κ3) is 4.00. The first-order valence-electron chi connectivity index (χ1n) is 12.1. The molecule has 2 aliphatic carbocycles. The van der Waals surface area contributed by atoms with Gasteiger partial charge < -0.3 is 4.74 Å². The van der Waals surface area contributed by atoms with Crippen LogP contribution in [0.4, 0.5) is 0 Å². The van der Waals surface area contributed by atoms with Gasteiger partial charge in [-0.1, -0.05) is 115 Å². The number of allylic oxidation sites excluding steroid dienone is 4. The van der Waals surface area contributed by atoms with Gasteiger partial charge in [-0.15, -0.1) is 0 Å². The topological polar surface area (TPSA) is 9.23 Å². The van der Waals surface area contributed by atoms with Crippen LogP contribution in [-0.4, -0.2) is 14.7 Å². The molecular weight excluding hydrogens is 380 g/mol. The van der Waals surface area contributed by atoms with Crippen LogP contribution in [0.2, 0.25) is 17.6 Å². The molecule has 2 heteroatoms. The fourth-order valence-electron chi connectivity index (χ4n) is 6.29. The van der Waals surface area contributed by atoms with Gasteiger partial charge in [-0.2, -0.15) is 0 Å². The number of fused-ring (bicyclic) bond motifs is 1. The second-order valence-electron chi connectivity index (χ2n) is 10.3. The highest BCUT2D eigenvalue weighted by atomic mass is 28.3. The average Bonchev–Trinajstić information content (AvgIpc) is 3.12. The van der Waals surface area contributed by atoms with Crippen LogP contribution in [0.1, 0.15) is 66.4 Å². The highest BCUT2D eigenvalue weighted by Gasteiger charge is 2.52. The summed E-state index contributed by atoms with van der Waals surface area (Å²) in [4.78, 5) is 0. The number of rotatable bonds is 8. The Hall–Kier alpha value is -1.54. The lowest BCUT2D eigenvalue weighted by Crippen LogP contribution is -2.53. The lowest BCUT2D eigenvalue weighted by molar-refractivity contribution is 0.353. The van der Waals surface area contributed by atoms with Crippen LogP contribution in [-0.2, 0) is 5.41 Å². The Morgan fingerprint density at radius 1 is 1.17 bits per heavy atom. The summed E-state index contributed by atoms with van der Waals surface area (Å²) in [6.45, 7) is 18.7. The van der Waals surface area contributed by atoms with E-state index in [-0.39, 0.29) is 5.41 Å². The van der Waals surface area contributed by atoms with E-state index in [0.29, 0.717) is 6.61 Å². The summed E-state index contributed by atoms with van der Waals surface area (Å²) in [5, 5.41) is 1.56. The van der Waals surface area contributed by atoms with Gasteiger partial charge in [0.25, 0.3) is 0 Å². The minimum atomic E-state index is -1.84. The molecule has 3 unspecified atom stereocenters. The summed E-state index contributed by atoms with van der Waals surface area (Å²) < 4.78 is 6.50. The third-order valence-corrected chi connectivity index (χ3v) is 13.8. The van der Waals surface area contributed by atoms with E-state index in [0.717, 1.165) is 17.4 Å². The number of hydrogen-bond donors (Lipinski definition) is 0. The molecule has 0 aliphatic heterocycles. The second kappa shape index (κ2) is 9.30. The van der Waals surface area contributed by atoms with Crippen LogP contribution in [0.3, 0.4) is 0 Å². The van der Waals surface area contributed by atoms with Crippen LogP contribution < -0.4 is 9.92 Å². The van der Waals surface area contributed by atoms with Gasteiger partial charge in [0.2, 0.25) is 0 Å². The normalized spacial score (nSPS) is 23.8. The van der Waals surface area contributed by atoms with Gasteiger partial charge in [0.1, 0.15) is 12.4 Å². The Kier molecular flexibility index (Phi) is 7.17. The van der Waals surface area contributed by atoms with Gasteiger partial charge in [0, 0.05) is 0 Å². The van der Waals surface area contributed by atoms with Crippen molar-refractivity contribution in [2.24, 2.45) is 11.8 Å². The molecule has 2 aliphatic rings. The average molecular weight is 423 g/mol. The molecule has 0 N–H and O–H groups in total. The summed E-state index contributed by atoms with van der Waals surface area (Å²) in [5.74, 6) is 2.74. The van der Waals surface area contributed by atoms with Gasteiger partial charge in [-0.3, -0.25) is 0 Å². The molecule has 0 heterocycles. The summed E-state index contributed by atoms with van der Waals surface area (Å²) in [6.07, 6.45) is 13.0. The molecule has 1 saturated carbocycles. The molecule has 1 fully saturated rings. The molecule has 1 aromatic rings. The maximum atomic E-state index is 6.50. The van der Waals surface area contributed by atoms with E-state index in [9.17, 15) is 0 Å². The van der Waals surface area contributed by atoms with Crippen molar-refractivity contribution in [2.75, 3.05) is 6.61 Å². The quantitative estimate of drug-likeness (QED) is 0.310. The van der Waals surface area contributed by atoms with E-state index in [4.69, 9.17) is 4.74 Å². The first-order valence-corrected chi connectivity index (χ1v) is 14.6. The highest BCUT2D eigenvalue weighted by Crippen LogP contribution is 2.56. The maximum absolute atomic E-state index is 6.50. The molecule has 1 nitrogen and oxygen atoms in total. The van der Waals surface area contributed by atoms with Crippen LogP contribution in [0.5, 0.6) is 5.75 Å². The molecule has 0 bridgehead atoms. The molecular formula is C28H42OSi. The van der Waals surface area contributed by atoms with Crippen LogP contribution >= 0.6 is 0 Å². The smallest absolute Gasteiger partial charge is 0.122 e. The van der Waals surface area contributed by atoms with Gasteiger partial charge in [0.05, 0.1) is 8.07 Å². The van der Waals surface area contributed by atoms with Crippen LogP contribution in [0.15, 0.2) is 54.7 Å². The molecule has 0 saturated heterocycles. The number of hydrogen-bond acceptors (Lipinski definition) is 1. The molecule has 1 aromatic carbocycles. The maximum Gasteiger partial charge on any atom is 0.122 e. The van der Waals surface area contributed by atoms with E-state index in [1.807, 2.05) is 6.08 Å². The zero-order chi connectivity index (χ0) is 21.9. The fraction of sp³-hybridized carbons (Fsp3) is 0.571. The Morgan fingerprint density at radius 3 is 2.50 bits per heavy atom. The lowest BCUT2D eigenvalue weighted by Gasteiger charge is -2.42. The zero-order valence-corrected chi connectivity index (χ0v) is 21.1. The van der Waals surface area contributed by atoms with Crippen molar-refractivity contribution in [3.8, 4) is 5.75 Å². The van der Waals surface area contributed by atoms with Crippen molar-refractivity contribution in [1.82, 2.24) is 0 Å². The van der Waals surface area contributed by atoms with Crippen LogP contribution in [0, 0.1) is 11.8 Å². The van der Waals surface area contributed by atoms with Crippen molar-refractivity contribution in [1.29, 1.82) is 0 Å². The first kappa shape index (κ1) is 23.1. The van der Waals surface area contributed by atoms with Gasteiger partial charge >= 0.3 is 0 Å². The van der Waals surface area contributed by atoms with Crippen molar-refractivity contribution in [2.45, 2.75) is 83.8 Å². The molecule has 0 spiro atoms.